The van der Waals surface area contributed by atoms with Crippen LogP contribution in [0, 0.1) is 5.92 Å². The van der Waals surface area contributed by atoms with E-state index in [1.54, 1.807) is 18.5 Å². The second-order valence-corrected chi connectivity index (χ2v) is 9.42. The predicted molar refractivity (Wildman–Crippen MR) is 119 cm³/mol. The number of nitrogens with one attached hydrogen (secondary N) is 3. The van der Waals surface area contributed by atoms with Crippen molar-refractivity contribution >= 4 is 5.82 Å². The number of benzene rings is 1. The molecule has 0 amide bonds. The van der Waals surface area contributed by atoms with Gasteiger partial charge in [-0.2, -0.15) is 5.10 Å². The van der Waals surface area contributed by atoms with Crippen molar-refractivity contribution in [1.82, 2.24) is 25.7 Å². The number of hydrogen-bond acceptors (Lipinski definition) is 7. The third-order valence-corrected chi connectivity index (χ3v) is 6.26. The molecule has 31 heavy (non-hydrogen) atoms. The topological polar surface area (TPSA) is 108 Å². The van der Waals surface area contributed by atoms with E-state index in [2.05, 4.69) is 44.9 Å². The Labute approximate surface area is 181 Å². The van der Waals surface area contributed by atoms with E-state index in [0.29, 0.717) is 17.2 Å². The molecule has 1 aromatic carbocycles. The van der Waals surface area contributed by atoms with Crippen molar-refractivity contribution in [1.29, 1.82) is 0 Å². The van der Waals surface area contributed by atoms with Gasteiger partial charge in [-0.1, -0.05) is 6.07 Å². The molecule has 2 atom stereocenters. The third-order valence-electron chi connectivity index (χ3n) is 6.26. The summed E-state index contributed by atoms with van der Waals surface area (Å²) in [5.41, 5.74) is 3.17. The van der Waals surface area contributed by atoms with Crippen LogP contribution < -0.4 is 10.6 Å². The Balaban J connectivity index is 1.25. The van der Waals surface area contributed by atoms with Crippen LogP contribution in [-0.2, 0) is 4.74 Å². The highest BCUT2D eigenvalue weighted by Crippen LogP contribution is 2.37. The van der Waals surface area contributed by atoms with Gasteiger partial charge in [0.1, 0.15) is 11.6 Å². The minimum atomic E-state index is 0.0350. The van der Waals surface area contributed by atoms with Gasteiger partial charge in [0, 0.05) is 34.9 Å². The van der Waals surface area contributed by atoms with Crippen LogP contribution in [0.1, 0.15) is 26.7 Å². The number of fused-ring (bicyclic) bond motifs is 2. The van der Waals surface area contributed by atoms with Gasteiger partial charge in [0.05, 0.1) is 25.1 Å². The van der Waals surface area contributed by atoms with Crippen molar-refractivity contribution in [2.45, 2.75) is 37.8 Å². The van der Waals surface area contributed by atoms with Crippen molar-refractivity contribution in [2.24, 2.45) is 5.92 Å². The summed E-state index contributed by atoms with van der Waals surface area (Å²) in [6.45, 7) is 6.86. The van der Waals surface area contributed by atoms with Crippen molar-refractivity contribution in [3.8, 4) is 28.1 Å². The van der Waals surface area contributed by atoms with E-state index in [0.717, 1.165) is 49.5 Å². The van der Waals surface area contributed by atoms with Crippen LogP contribution in [0.3, 0.4) is 0 Å². The molecule has 0 aliphatic carbocycles. The van der Waals surface area contributed by atoms with Crippen LogP contribution in [0.15, 0.2) is 42.7 Å². The number of nitrogens with zero attached hydrogens (tertiary/aromatic N) is 3. The van der Waals surface area contributed by atoms with E-state index in [1.807, 2.05) is 24.3 Å². The number of hydrogen-bond donors (Lipinski definition) is 4. The minimum absolute atomic E-state index is 0.0350. The molecule has 2 unspecified atom stereocenters. The Bertz CT molecular complexity index is 1040. The van der Waals surface area contributed by atoms with Crippen LogP contribution in [0.5, 0.6) is 5.75 Å². The van der Waals surface area contributed by atoms with Crippen LogP contribution in [0.25, 0.3) is 22.4 Å². The first-order chi connectivity index (χ1) is 14.9. The summed E-state index contributed by atoms with van der Waals surface area (Å²) >= 11 is 0. The summed E-state index contributed by atoms with van der Waals surface area (Å²) in [5.74, 6) is 1.45. The highest BCUT2D eigenvalue weighted by atomic mass is 16.5. The van der Waals surface area contributed by atoms with Crippen LogP contribution in [0.2, 0.25) is 0 Å². The first kappa shape index (κ1) is 20.0. The number of rotatable bonds is 5. The molecule has 0 spiro atoms. The molecular formula is C23H28N6O2. The Morgan fingerprint density at radius 1 is 1.10 bits per heavy atom. The van der Waals surface area contributed by atoms with E-state index in [4.69, 9.17) is 4.74 Å². The predicted octanol–water partition coefficient (Wildman–Crippen LogP) is 3.20. The average Bonchev–Trinajstić information content (AvgIpc) is 3.26. The number of ether oxygens (including phenoxy) is 1. The van der Waals surface area contributed by atoms with Gasteiger partial charge in [-0.3, -0.25) is 5.10 Å². The fourth-order valence-corrected chi connectivity index (χ4v) is 5.17. The molecule has 0 saturated carbocycles. The Hall–Kier alpha value is -2.97. The smallest absolute Gasteiger partial charge is 0.148 e. The van der Waals surface area contributed by atoms with Gasteiger partial charge in [-0.25, -0.2) is 0 Å². The second-order valence-electron chi connectivity index (χ2n) is 9.42. The lowest BCUT2D eigenvalue weighted by molar-refractivity contribution is -0.0718. The maximum absolute atomic E-state index is 10.5. The molecule has 8 nitrogen and oxygen atoms in total. The van der Waals surface area contributed by atoms with Crippen LogP contribution in [-0.4, -0.2) is 56.3 Å². The molecular weight excluding hydrogens is 392 g/mol. The summed E-state index contributed by atoms with van der Waals surface area (Å²) in [4.78, 5) is 0. The number of aromatic nitrogens is 4. The van der Waals surface area contributed by atoms with E-state index in [1.165, 1.54) is 0 Å². The molecule has 0 radical (unpaired) electrons. The number of aromatic hydroxyl groups is 1. The van der Waals surface area contributed by atoms with Crippen molar-refractivity contribution in [2.75, 3.05) is 25.1 Å². The molecule has 4 N–H and O–H groups in total. The van der Waals surface area contributed by atoms with Gasteiger partial charge in [-0.15, -0.1) is 10.2 Å². The summed E-state index contributed by atoms with van der Waals surface area (Å²) in [5, 5.41) is 33.1. The van der Waals surface area contributed by atoms with E-state index >= 15 is 0 Å². The molecule has 8 heteroatoms. The van der Waals surface area contributed by atoms with Crippen LogP contribution in [0.4, 0.5) is 5.82 Å². The molecule has 2 aliphatic heterocycles. The zero-order valence-corrected chi connectivity index (χ0v) is 17.9. The third kappa shape index (κ3) is 4.13. The average molecular weight is 421 g/mol. The van der Waals surface area contributed by atoms with Crippen molar-refractivity contribution in [3.63, 3.8) is 0 Å². The summed E-state index contributed by atoms with van der Waals surface area (Å²) in [6.07, 6.45) is 5.64. The molecule has 3 aromatic rings. The lowest BCUT2D eigenvalue weighted by atomic mass is 9.73. The van der Waals surface area contributed by atoms with Gasteiger partial charge in [0.25, 0.3) is 0 Å². The maximum atomic E-state index is 10.5. The largest absolute Gasteiger partial charge is 0.507 e. The number of anilines is 1. The minimum Gasteiger partial charge on any atom is -0.507 e. The first-order valence-electron chi connectivity index (χ1n) is 10.7. The quantitative estimate of drug-likeness (QED) is 0.502. The fourth-order valence-electron chi connectivity index (χ4n) is 5.17. The summed E-state index contributed by atoms with van der Waals surface area (Å²) in [7, 11) is 0. The number of phenolic OH excluding ortho intramolecular Hbond substituents is 1. The molecule has 2 aliphatic rings. The van der Waals surface area contributed by atoms with Gasteiger partial charge >= 0.3 is 0 Å². The fraction of sp³-hybridized carbons (Fsp3) is 0.435. The summed E-state index contributed by atoms with van der Waals surface area (Å²) < 4.78 is 5.82. The van der Waals surface area contributed by atoms with E-state index in [9.17, 15) is 5.11 Å². The normalized spacial score (nSPS) is 27.7. The lowest BCUT2D eigenvalue weighted by Gasteiger charge is -2.53. The Morgan fingerprint density at radius 3 is 2.55 bits per heavy atom. The molecule has 4 heterocycles. The zero-order valence-electron chi connectivity index (χ0n) is 17.9. The standard InChI is InChI=1S/C23H28N6O2/c1-22-8-15(9-23(2,29-22)14-31-13-22)10-24-21-6-5-19(27-28-21)18-4-3-16(7-20(18)30)17-11-25-26-12-17/h3-7,11-12,15,29-30H,8-10,13-14H2,1-2H3,(H,24,28)(H,25,26). The van der Waals surface area contributed by atoms with Crippen molar-refractivity contribution < 1.29 is 9.84 Å². The van der Waals surface area contributed by atoms with Gasteiger partial charge in [-0.05, 0) is 62.4 Å². The monoisotopic (exact) mass is 420 g/mol. The number of phenols is 1. The SMILES string of the molecule is CC12COCC(C)(CC(CNc3ccc(-c4ccc(-c5cn[nH]c5)cc4O)nn3)C1)N2. The van der Waals surface area contributed by atoms with E-state index in [-0.39, 0.29) is 16.8 Å². The maximum Gasteiger partial charge on any atom is 0.148 e. The molecule has 2 aromatic heterocycles. The van der Waals surface area contributed by atoms with Gasteiger partial charge < -0.3 is 20.5 Å². The first-order valence-corrected chi connectivity index (χ1v) is 10.7. The Morgan fingerprint density at radius 2 is 1.90 bits per heavy atom. The lowest BCUT2D eigenvalue weighted by Crippen LogP contribution is -2.68. The second kappa shape index (κ2) is 7.62. The summed E-state index contributed by atoms with van der Waals surface area (Å²) in [6, 6.07) is 9.31. The number of aromatic amines is 1. The van der Waals surface area contributed by atoms with E-state index < -0.39 is 0 Å². The van der Waals surface area contributed by atoms with Crippen molar-refractivity contribution in [3.05, 3.63) is 42.7 Å². The van der Waals surface area contributed by atoms with Gasteiger partial charge in [0.2, 0.25) is 0 Å². The highest BCUT2D eigenvalue weighted by Gasteiger charge is 2.46. The highest BCUT2D eigenvalue weighted by molar-refractivity contribution is 5.73. The molecule has 5 rings (SSSR count). The number of H-pyrrole nitrogens is 1. The molecule has 162 valence electrons. The number of morpholine rings is 1. The molecule has 2 fully saturated rings. The number of piperidine rings is 1. The Kier molecular flexibility index (Phi) is 4.91. The molecule has 2 bridgehead atoms. The van der Waals surface area contributed by atoms with Crippen LogP contribution >= 0.6 is 0 Å². The molecule has 2 saturated heterocycles. The zero-order chi connectivity index (χ0) is 21.5. The van der Waals surface area contributed by atoms with Gasteiger partial charge in [0.15, 0.2) is 0 Å².